The normalized spacial score (nSPS) is 12.1. The highest BCUT2D eigenvalue weighted by Crippen LogP contribution is 2.15. The number of amides is 1. The number of hydrogen-bond donors (Lipinski definition) is 2. The second-order valence-corrected chi connectivity index (χ2v) is 5.85. The largest absolute Gasteiger partial charge is 0.406 e. The average Bonchev–Trinajstić information content (AvgIpc) is 2.95. The van der Waals surface area contributed by atoms with Crippen LogP contribution < -0.4 is 10.6 Å². The molecule has 0 saturated heterocycles. The lowest BCUT2D eigenvalue weighted by molar-refractivity contribution is -0.157. The molecule has 2 N–H and O–H groups in total. The zero-order chi connectivity index (χ0) is 17.3. The Morgan fingerprint density at radius 1 is 1.39 bits per heavy atom. The van der Waals surface area contributed by atoms with E-state index in [0.717, 1.165) is 13.5 Å². The zero-order valence-corrected chi connectivity index (χ0v) is 13.9. The van der Waals surface area contributed by atoms with Gasteiger partial charge >= 0.3 is 6.18 Å². The van der Waals surface area contributed by atoms with Gasteiger partial charge in [0.25, 0.3) is 0 Å². The minimum atomic E-state index is -4.41. The fourth-order valence-electron chi connectivity index (χ4n) is 1.73. The van der Waals surface area contributed by atoms with Crippen LogP contribution >= 0.6 is 11.3 Å². The van der Waals surface area contributed by atoms with Crippen LogP contribution in [0.15, 0.2) is 22.5 Å². The first-order valence-electron chi connectivity index (χ1n) is 7.17. The van der Waals surface area contributed by atoms with Crippen LogP contribution in [0.3, 0.4) is 0 Å². The van der Waals surface area contributed by atoms with Gasteiger partial charge in [0.2, 0.25) is 5.91 Å². The van der Waals surface area contributed by atoms with E-state index in [1.807, 2.05) is 24.4 Å². The molecule has 0 bridgehead atoms. The Bertz CT molecular complexity index is 503. The predicted molar refractivity (Wildman–Crippen MR) is 85.7 cm³/mol. The number of carbonyl (C=O) groups excluding carboxylic acids is 1. The van der Waals surface area contributed by atoms with Crippen molar-refractivity contribution < 1.29 is 18.0 Å². The molecule has 0 aromatic carbocycles. The summed E-state index contributed by atoms with van der Waals surface area (Å²) in [6, 6.07) is 3.99. The Balaban J connectivity index is 2.45. The minimum absolute atomic E-state index is 0.332. The predicted octanol–water partition coefficient (Wildman–Crippen LogP) is 1.87. The Morgan fingerprint density at radius 2 is 2.13 bits per heavy atom. The van der Waals surface area contributed by atoms with Gasteiger partial charge in [0.1, 0.15) is 13.1 Å². The van der Waals surface area contributed by atoms with E-state index in [1.165, 1.54) is 4.88 Å². The molecule has 1 aromatic rings. The first-order chi connectivity index (χ1) is 10.8. The SMILES string of the molecule is CCNC(=NCC(=O)N(C)CC(F)(F)F)NCCc1cccs1. The van der Waals surface area contributed by atoms with E-state index in [0.29, 0.717) is 23.9 Å². The zero-order valence-electron chi connectivity index (χ0n) is 13.1. The monoisotopic (exact) mass is 350 g/mol. The molecule has 5 nitrogen and oxygen atoms in total. The number of carbonyl (C=O) groups is 1. The van der Waals surface area contributed by atoms with Crippen LogP contribution in [-0.4, -0.2) is 56.2 Å². The van der Waals surface area contributed by atoms with Crippen molar-refractivity contribution in [2.24, 2.45) is 4.99 Å². The van der Waals surface area contributed by atoms with Gasteiger partial charge in [-0.15, -0.1) is 11.3 Å². The second-order valence-electron chi connectivity index (χ2n) is 4.82. The molecule has 130 valence electrons. The van der Waals surface area contributed by atoms with Crippen LogP contribution in [-0.2, 0) is 11.2 Å². The average molecular weight is 350 g/mol. The van der Waals surface area contributed by atoms with Gasteiger partial charge in [-0.05, 0) is 24.8 Å². The Labute approximate surface area is 137 Å². The third kappa shape index (κ3) is 8.44. The topological polar surface area (TPSA) is 56.7 Å². The van der Waals surface area contributed by atoms with E-state index >= 15 is 0 Å². The molecule has 9 heteroatoms. The van der Waals surface area contributed by atoms with Crippen molar-refractivity contribution in [1.29, 1.82) is 0 Å². The van der Waals surface area contributed by atoms with Gasteiger partial charge in [0.05, 0.1) is 0 Å². The molecule has 1 heterocycles. The molecule has 0 atom stereocenters. The van der Waals surface area contributed by atoms with Crippen molar-refractivity contribution in [2.75, 3.05) is 33.2 Å². The number of nitrogens with one attached hydrogen (secondary N) is 2. The third-order valence-electron chi connectivity index (χ3n) is 2.80. The highest BCUT2D eigenvalue weighted by Gasteiger charge is 2.30. The fourth-order valence-corrected chi connectivity index (χ4v) is 2.43. The Kier molecular flexibility index (Phi) is 7.87. The van der Waals surface area contributed by atoms with Gasteiger partial charge < -0.3 is 15.5 Å². The molecule has 0 aliphatic rings. The summed E-state index contributed by atoms with van der Waals surface area (Å²) in [7, 11) is 1.11. The molecule has 1 rings (SSSR count). The molecule has 0 saturated carbocycles. The highest BCUT2D eigenvalue weighted by atomic mass is 32.1. The lowest BCUT2D eigenvalue weighted by Crippen LogP contribution is -2.40. The van der Waals surface area contributed by atoms with Gasteiger partial charge in [-0.3, -0.25) is 4.79 Å². The van der Waals surface area contributed by atoms with Crippen molar-refractivity contribution in [3.05, 3.63) is 22.4 Å². The first-order valence-corrected chi connectivity index (χ1v) is 8.05. The molecule has 0 unspecified atom stereocenters. The number of hydrogen-bond acceptors (Lipinski definition) is 3. The molecule has 1 amide bonds. The number of nitrogens with zero attached hydrogens (tertiary/aromatic N) is 2. The number of thiophene rings is 1. The minimum Gasteiger partial charge on any atom is -0.357 e. The summed E-state index contributed by atoms with van der Waals surface area (Å²) < 4.78 is 36.7. The Hall–Kier alpha value is -1.77. The maximum Gasteiger partial charge on any atom is 0.406 e. The van der Waals surface area contributed by atoms with Crippen LogP contribution in [0, 0.1) is 0 Å². The first kappa shape index (κ1) is 19.3. The molecular weight excluding hydrogens is 329 g/mol. The number of rotatable bonds is 7. The van der Waals surface area contributed by atoms with Gasteiger partial charge in [-0.2, -0.15) is 13.2 Å². The van der Waals surface area contributed by atoms with E-state index in [-0.39, 0.29) is 6.54 Å². The van der Waals surface area contributed by atoms with Crippen LogP contribution in [0.1, 0.15) is 11.8 Å². The number of guanidine groups is 1. The molecule has 0 aliphatic heterocycles. The molecule has 0 spiro atoms. The van der Waals surface area contributed by atoms with E-state index in [9.17, 15) is 18.0 Å². The van der Waals surface area contributed by atoms with Gasteiger partial charge in [0, 0.05) is 25.0 Å². The van der Waals surface area contributed by atoms with Crippen molar-refractivity contribution in [3.63, 3.8) is 0 Å². The summed E-state index contributed by atoms with van der Waals surface area (Å²) in [4.78, 5) is 17.5. The quantitative estimate of drug-likeness (QED) is 0.583. The number of likely N-dealkylation sites (N-methyl/N-ethyl adjacent to an activating group) is 1. The molecule has 0 radical (unpaired) electrons. The number of alkyl halides is 3. The van der Waals surface area contributed by atoms with Gasteiger partial charge in [0.15, 0.2) is 5.96 Å². The smallest absolute Gasteiger partial charge is 0.357 e. The van der Waals surface area contributed by atoms with Crippen molar-refractivity contribution in [3.8, 4) is 0 Å². The number of halogens is 3. The van der Waals surface area contributed by atoms with Gasteiger partial charge in [-0.1, -0.05) is 6.07 Å². The van der Waals surface area contributed by atoms with Crippen molar-refractivity contribution in [1.82, 2.24) is 15.5 Å². The van der Waals surface area contributed by atoms with Crippen LogP contribution in [0.4, 0.5) is 13.2 Å². The van der Waals surface area contributed by atoms with E-state index < -0.39 is 18.6 Å². The fraction of sp³-hybridized carbons (Fsp3) is 0.571. The van der Waals surface area contributed by atoms with E-state index in [1.54, 1.807) is 11.3 Å². The second kappa shape index (κ2) is 9.39. The summed E-state index contributed by atoms with van der Waals surface area (Å²) in [6.07, 6.45) is -3.60. The molecule has 0 aliphatic carbocycles. The maximum absolute atomic E-state index is 12.2. The van der Waals surface area contributed by atoms with Crippen molar-refractivity contribution in [2.45, 2.75) is 19.5 Å². The van der Waals surface area contributed by atoms with Crippen molar-refractivity contribution >= 4 is 23.2 Å². The summed E-state index contributed by atoms with van der Waals surface area (Å²) in [5, 5.41) is 8.00. The van der Waals surface area contributed by atoms with E-state index in [4.69, 9.17) is 0 Å². The summed E-state index contributed by atoms with van der Waals surface area (Å²) >= 11 is 1.65. The molecule has 23 heavy (non-hydrogen) atoms. The third-order valence-corrected chi connectivity index (χ3v) is 3.74. The maximum atomic E-state index is 12.2. The lowest BCUT2D eigenvalue weighted by Gasteiger charge is -2.18. The lowest BCUT2D eigenvalue weighted by atomic mass is 10.3. The van der Waals surface area contributed by atoms with Crippen LogP contribution in [0.25, 0.3) is 0 Å². The standard InChI is InChI=1S/C14H21F3N4OS/c1-3-18-13(19-7-6-11-5-4-8-23-11)20-9-12(22)21(2)10-14(15,16)17/h4-5,8H,3,6-7,9-10H2,1-2H3,(H2,18,19,20). The Morgan fingerprint density at radius 3 is 2.70 bits per heavy atom. The van der Waals surface area contributed by atoms with E-state index in [2.05, 4.69) is 15.6 Å². The number of aliphatic imine (C=N–C) groups is 1. The highest BCUT2D eigenvalue weighted by molar-refractivity contribution is 7.09. The van der Waals surface area contributed by atoms with Crippen LogP contribution in [0.2, 0.25) is 0 Å². The van der Waals surface area contributed by atoms with Crippen LogP contribution in [0.5, 0.6) is 0 Å². The van der Waals surface area contributed by atoms with Gasteiger partial charge in [-0.25, -0.2) is 4.99 Å². The summed E-state index contributed by atoms with van der Waals surface area (Å²) in [6.45, 7) is 1.48. The molecular formula is C14H21F3N4OS. The molecule has 0 fully saturated rings. The molecule has 1 aromatic heterocycles. The summed E-state index contributed by atoms with van der Waals surface area (Å²) in [5.74, 6) is -0.268. The summed E-state index contributed by atoms with van der Waals surface area (Å²) in [5.41, 5.74) is 0.